The molecule has 1 rings (SSSR count). The van der Waals surface area contributed by atoms with Crippen molar-refractivity contribution in [2.45, 2.75) is 0 Å². The smallest absolute Gasteiger partial charge is 0.341 e. The van der Waals surface area contributed by atoms with Crippen molar-refractivity contribution in [2.75, 3.05) is 6.61 Å². The summed E-state index contributed by atoms with van der Waals surface area (Å²) in [6.45, 7) is -0.622. The third-order valence-corrected chi connectivity index (χ3v) is 2.11. The predicted octanol–water partition coefficient (Wildman–Crippen LogP) is 1.82. The normalized spacial score (nSPS) is 9.67. The fraction of sp³-hybridized carbons (Fsp3) is 0.125. The van der Waals surface area contributed by atoms with Crippen LogP contribution in [0.3, 0.4) is 0 Å². The van der Waals surface area contributed by atoms with Crippen LogP contribution in [0.15, 0.2) is 22.7 Å². The van der Waals surface area contributed by atoms with E-state index in [9.17, 15) is 14.9 Å². The van der Waals surface area contributed by atoms with E-state index >= 15 is 0 Å². The fourth-order valence-electron chi connectivity index (χ4n) is 0.918. The number of carboxylic acids is 1. The topological polar surface area (TPSA) is 89.7 Å². The Labute approximate surface area is 92.8 Å². The number of halogens is 1. The first-order chi connectivity index (χ1) is 7.02. The second-order valence-electron chi connectivity index (χ2n) is 2.53. The predicted molar refractivity (Wildman–Crippen MR) is 53.9 cm³/mol. The summed E-state index contributed by atoms with van der Waals surface area (Å²) < 4.78 is 5.15. The summed E-state index contributed by atoms with van der Waals surface area (Å²) in [6, 6.07) is 4.24. The summed E-state index contributed by atoms with van der Waals surface area (Å²) in [4.78, 5) is 20.2. The van der Waals surface area contributed by atoms with E-state index in [1.807, 2.05) is 0 Å². The van der Waals surface area contributed by atoms with Gasteiger partial charge < -0.3 is 9.84 Å². The van der Waals surface area contributed by atoms with Gasteiger partial charge in [-0.25, -0.2) is 4.79 Å². The minimum atomic E-state index is -1.19. The minimum absolute atomic E-state index is 0.0788. The molecule has 0 aromatic heterocycles. The van der Waals surface area contributed by atoms with Crippen LogP contribution in [0.5, 0.6) is 5.75 Å². The quantitative estimate of drug-likeness (QED) is 0.669. The van der Waals surface area contributed by atoms with Crippen molar-refractivity contribution in [3.05, 3.63) is 32.8 Å². The highest BCUT2D eigenvalue weighted by molar-refractivity contribution is 9.10. The number of nitro benzene ring substituents is 1. The molecule has 0 aliphatic heterocycles. The molecule has 1 aromatic carbocycles. The average Bonchev–Trinajstić information content (AvgIpc) is 2.15. The number of rotatable bonds is 4. The maximum absolute atomic E-state index is 10.6. The molecule has 0 aliphatic rings. The zero-order valence-corrected chi connectivity index (χ0v) is 8.93. The van der Waals surface area contributed by atoms with Gasteiger partial charge in [-0.2, -0.15) is 0 Å². The number of nitrogens with zero attached hydrogens (tertiary/aromatic N) is 1. The summed E-state index contributed by atoms with van der Waals surface area (Å²) in [5.41, 5.74) is -0.273. The van der Waals surface area contributed by atoms with Gasteiger partial charge in [0.05, 0.1) is 9.40 Å². The van der Waals surface area contributed by atoms with Crippen LogP contribution in [0.25, 0.3) is 0 Å². The van der Waals surface area contributed by atoms with Crippen molar-refractivity contribution in [1.29, 1.82) is 0 Å². The summed E-state index contributed by atoms with van der Waals surface area (Å²) in [5, 5.41) is 19.0. The largest absolute Gasteiger partial charge is 0.479 e. The van der Waals surface area contributed by atoms with Crippen LogP contribution >= 0.6 is 15.9 Å². The van der Waals surface area contributed by atoms with E-state index in [1.165, 1.54) is 18.2 Å². The Hall–Kier alpha value is -1.63. The standard InChI is InChI=1S/C8H6BrNO5/c9-5-2-1-3-6(10(13)14)8(5)15-4-7(11)12/h1-3H,4H2,(H,11,12). The van der Waals surface area contributed by atoms with Gasteiger partial charge in [0, 0.05) is 6.07 Å². The molecule has 80 valence electrons. The molecule has 0 saturated heterocycles. The van der Waals surface area contributed by atoms with Crippen molar-refractivity contribution in [3.8, 4) is 5.75 Å². The number of hydrogen-bond donors (Lipinski definition) is 1. The lowest BCUT2D eigenvalue weighted by Crippen LogP contribution is -2.10. The molecular weight excluding hydrogens is 270 g/mol. The Balaban J connectivity index is 3.02. The van der Waals surface area contributed by atoms with Gasteiger partial charge in [-0.3, -0.25) is 10.1 Å². The summed E-state index contributed by atoms with van der Waals surface area (Å²) in [6.07, 6.45) is 0. The maximum Gasteiger partial charge on any atom is 0.341 e. The lowest BCUT2D eigenvalue weighted by molar-refractivity contribution is -0.385. The van der Waals surface area contributed by atoms with Crippen LogP contribution in [0, 0.1) is 10.1 Å². The van der Waals surface area contributed by atoms with Crippen molar-refractivity contribution in [1.82, 2.24) is 0 Å². The number of hydrogen-bond acceptors (Lipinski definition) is 4. The number of carboxylic acid groups (broad SMARTS) is 1. The van der Waals surface area contributed by atoms with Gasteiger partial charge in [0.25, 0.3) is 0 Å². The molecule has 0 unspecified atom stereocenters. The SMILES string of the molecule is O=C(O)COc1c(Br)cccc1[N+](=O)[O-]. The number of benzene rings is 1. The third-order valence-electron chi connectivity index (χ3n) is 1.48. The lowest BCUT2D eigenvalue weighted by atomic mass is 10.3. The van der Waals surface area contributed by atoms with Crippen molar-refractivity contribution in [3.63, 3.8) is 0 Å². The summed E-state index contributed by atoms with van der Waals surface area (Å²) in [5.74, 6) is -1.27. The molecule has 0 aliphatic carbocycles. The first-order valence-corrected chi connectivity index (χ1v) is 4.59. The molecular formula is C8H6BrNO5. The first-order valence-electron chi connectivity index (χ1n) is 3.80. The second kappa shape index (κ2) is 4.74. The molecule has 15 heavy (non-hydrogen) atoms. The maximum atomic E-state index is 10.6. The van der Waals surface area contributed by atoms with E-state index < -0.39 is 17.5 Å². The molecule has 0 spiro atoms. The Morgan fingerprint density at radius 2 is 2.27 bits per heavy atom. The number of nitro groups is 1. The fourth-order valence-corrected chi connectivity index (χ4v) is 1.39. The van der Waals surface area contributed by atoms with E-state index in [4.69, 9.17) is 9.84 Å². The van der Waals surface area contributed by atoms with Crippen molar-refractivity contribution >= 4 is 27.6 Å². The van der Waals surface area contributed by atoms with E-state index in [0.717, 1.165) is 0 Å². The molecule has 0 amide bonds. The zero-order chi connectivity index (χ0) is 11.4. The Bertz CT molecular complexity index is 406. The Morgan fingerprint density at radius 3 is 2.80 bits per heavy atom. The van der Waals surface area contributed by atoms with E-state index in [-0.39, 0.29) is 11.4 Å². The van der Waals surface area contributed by atoms with Crippen LogP contribution in [0.2, 0.25) is 0 Å². The molecule has 0 bridgehead atoms. The molecule has 0 atom stereocenters. The average molecular weight is 276 g/mol. The summed E-state index contributed by atoms with van der Waals surface area (Å²) in [7, 11) is 0. The number of carbonyl (C=O) groups is 1. The summed E-state index contributed by atoms with van der Waals surface area (Å²) >= 11 is 3.04. The minimum Gasteiger partial charge on any atom is -0.479 e. The van der Waals surface area contributed by atoms with Gasteiger partial charge in [0.15, 0.2) is 6.61 Å². The third kappa shape index (κ3) is 2.91. The van der Waals surface area contributed by atoms with E-state index in [2.05, 4.69) is 15.9 Å². The molecule has 7 heteroatoms. The van der Waals surface area contributed by atoms with Crippen LogP contribution in [0.4, 0.5) is 5.69 Å². The monoisotopic (exact) mass is 275 g/mol. The molecule has 0 saturated carbocycles. The van der Waals surface area contributed by atoms with Crippen molar-refractivity contribution < 1.29 is 19.6 Å². The van der Waals surface area contributed by atoms with Crippen LogP contribution < -0.4 is 4.74 Å². The van der Waals surface area contributed by atoms with E-state index in [0.29, 0.717) is 4.47 Å². The van der Waals surface area contributed by atoms with Crippen molar-refractivity contribution in [2.24, 2.45) is 0 Å². The van der Waals surface area contributed by atoms with E-state index in [1.54, 1.807) is 0 Å². The number of para-hydroxylation sites is 1. The van der Waals surface area contributed by atoms with Gasteiger partial charge in [0.2, 0.25) is 5.75 Å². The van der Waals surface area contributed by atoms with Gasteiger partial charge in [-0.05, 0) is 22.0 Å². The Morgan fingerprint density at radius 1 is 1.60 bits per heavy atom. The van der Waals surface area contributed by atoms with Gasteiger partial charge in [-0.1, -0.05) is 6.07 Å². The first kappa shape index (κ1) is 11.4. The van der Waals surface area contributed by atoms with Crippen LogP contribution in [-0.4, -0.2) is 22.6 Å². The highest BCUT2D eigenvalue weighted by atomic mass is 79.9. The molecule has 0 radical (unpaired) electrons. The zero-order valence-electron chi connectivity index (χ0n) is 7.34. The molecule has 1 aromatic rings. The van der Waals surface area contributed by atoms with Gasteiger partial charge in [0.1, 0.15) is 0 Å². The number of ether oxygens (including phenoxy) is 1. The van der Waals surface area contributed by atoms with Crippen LogP contribution in [0.1, 0.15) is 0 Å². The Kier molecular flexibility index (Phi) is 3.62. The number of aliphatic carboxylic acids is 1. The molecule has 1 N–H and O–H groups in total. The second-order valence-corrected chi connectivity index (χ2v) is 3.38. The van der Waals surface area contributed by atoms with Crippen LogP contribution in [-0.2, 0) is 4.79 Å². The molecule has 6 nitrogen and oxygen atoms in total. The highest BCUT2D eigenvalue weighted by Gasteiger charge is 2.18. The molecule has 0 heterocycles. The lowest BCUT2D eigenvalue weighted by Gasteiger charge is -2.05. The molecule has 0 fully saturated rings. The van der Waals surface area contributed by atoms with Gasteiger partial charge >= 0.3 is 11.7 Å². The highest BCUT2D eigenvalue weighted by Crippen LogP contribution is 2.34. The van der Waals surface area contributed by atoms with Gasteiger partial charge in [-0.15, -0.1) is 0 Å².